The molecule has 0 spiro atoms. The van der Waals surface area contributed by atoms with Crippen LogP contribution >= 0.6 is 0 Å². The molecule has 0 saturated carbocycles. The number of rotatable bonds is 24. The van der Waals surface area contributed by atoms with E-state index in [1.165, 1.54) is 0 Å². The average Bonchev–Trinajstić information content (AvgIpc) is 2.76. The van der Waals surface area contributed by atoms with Gasteiger partial charge in [0.15, 0.2) is 6.35 Å². The summed E-state index contributed by atoms with van der Waals surface area (Å²) in [4.78, 5) is 11.3. The van der Waals surface area contributed by atoms with Gasteiger partial charge < -0.3 is 36.6 Å². The second-order valence-electron chi connectivity index (χ2n) is 7.23. The molecule has 0 aliphatic rings. The van der Waals surface area contributed by atoms with Crippen LogP contribution in [0.15, 0.2) is 0 Å². The van der Waals surface area contributed by atoms with E-state index in [-0.39, 0.29) is 5.91 Å². The molecule has 10 N–H and O–H groups in total. The molecule has 0 aliphatic carbocycles. The summed E-state index contributed by atoms with van der Waals surface area (Å²) >= 11 is 0. The molecule has 0 rings (SSSR count). The SMILES string of the molecule is CCNCCCCNCCC(O)NCCCNC(O)NCCOCCC(=O)NCCN. The van der Waals surface area contributed by atoms with E-state index in [9.17, 15) is 15.0 Å². The lowest BCUT2D eigenvalue weighted by atomic mass is 10.3. The molecule has 11 heteroatoms. The Morgan fingerprint density at radius 2 is 1.58 bits per heavy atom. The average molecular weight is 450 g/mol. The second kappa shape index (κ2) is 23.8. The summed E-state index contributed by atoms with van der Waals surface area (Å²) in [5.41, 5.74) is 5.30. The zero-order valence-electron chi connectivity index (χ0n) is 19.3. The van der Waals surface area contributed by atoms with Crippen LogP contribution in [0.2, 0.25) is 0 Å². The first kappa shape index (κ1) is 30.1. The van der Waals surface area contributed by atoms with Gasteiger partial charge in [-0.25, -0.2) is 0 Å². The molecule has 1 amide bonds. The van der Waals surface area contributed by atoms with Crippen molar-refractivity contribution in [3.8, 4) is 0 Å². The Balaban J connectivity index is 3.34. The maximum Gasteiger partial charge on any atom is 0.222 e. The van der Waals surface area contributed by atoms with Gasteiger partial charge in [0, 0.05) is 26.1 Å². The number of hydrogen-bond donors (Lipinski definition) is 9. The fourth-order valence-corrected chi connectivity index (χ4v) is 2.65. The van der Waals surface area contributed by atoms with E-state index in [1.807, 2.05) is 0 Å². The van der Waals surface area contributed by atoms with E-state index in [2.05, 4.69) is 38.8 Å². The van der Waals surface area contributed by atoms with Gasteiger partial charge in [0.2, 0.25) is 5.91 Å². The van der Waals surface area contributed by atoms with Crippen molar-refractivity contribution in [2.45, 2.75) is 51.6 Å². The van der Waals surface area contributed by atoms with E-state index in [1.54, 1.807) is 0 Å². The number of hydrogen-bond acceptors (Lipinski definition) is 10. The monoisotopic (exact) mass is 449 g/mol. The lowest BCUT2D eigenvalue weighted by Crippen LogP contribution is -2.44. The normalized spacial score (nSPS) is 13.3. The molecule has 2 atom stereocenters. The molecule has 0 radical (unpaired) electrons. The van der Waals surface area contributed by atoms with E-state index in [0.717, 1.165) is 45.4 Å². The summed E-state index contributed by atoms with van der Waals surface area (Å²) in [5.74, 6) is -0.0781. The Labute approximate surface area is 187 Å². The van der Waals surface area contributed by atoms with Gasteiger partial charge in [-0.15, -0.1) is 0 Å². The quantitative estimate of drug-likeness (QED) is 0.0572. The number of nitrogens with two attached hydrogens (primary N) is 1. The van der Waals surface area contributed by atoms with Crippen LogP contribution in [-0.4, -0.2) is 101 Å². The molecule has 0 aromatic rings. The first-order chi connectivity index (χ1) is 15.1. The molecule has 2 unspecified atom stereocenters. The minimum absolute atomic E-state index is 0.0781. The summed E-state index contributed by atoms with van der Waals surface area (Å²) in [5, 5.41) is 37.9. The van der Waals surface area contributed by atoms with Crippen LogP contribution in [0.25, 0.3) is 0 Å². The number of ether oxygens (including phenoxy) is 1. The number of carbonyl (C=O) groups is 1. The van der Waals surface area contributed by atoms with Crippen molar-refractivity contribution in [2.24, 2.45) is 5.73 Å². The Hall–Kier alpha value is -0.890. The van der Waals surface area contributed by atoms with Gasteiger partial charge in [0.05, 0.1) is 13.2 Å². The Bertz CT molecular complexity index is 395. The topological polar surface area (TPSA) is 165 Å². The maximum atomic E-state index is 11.3. The van der Waals surface area contributed by atoms with Crippen molar-refractivity contribution < 1.29 is 19.7 Å². The predicted octanol–water partition coefficient (Wildman–Crippen LogP) is -2.41. The first-order valence-corrected chi connectivity index (χ1v) is 11.6. The molecule has 0 fully saturated rings. The van der Waals surface area contributed by atoms with E-state index in [4.69, 9.17) is 10.5 Å². The zero-order chi connectivity index (χ0) is 23.0. The summed E-state index contributed by atoms with van der Waals surface area (Å²) in [6.45, 7) is 9.33. The third-order valence-corrected chi connectivity index (χ3v) is 4.40. The minimum Gasteiger partial charge on any atom is -0.380 e. The number of aliphatic hydroxyl groups excluding tert-OH is 2. The van der Waals surface area contributed by atoms with Gasteiger partial charge in [-0.2, -0.15) is 0 Å². The highest BCUT2D eigenvalue weighted by atomic mass is 16.5. The van der Waals surface area contributed by atoms with Gasteiger partial charge in [0.1, 0.15) is 6.23 Å². The highest BCUT2D eigenvalue weighted by molar-refractivity contribution is 5.75. The van der Waals surface area contributed by atoms with Gasteiger partial charge in [-0.05, 0) is 65.0 Å². The van der Waals surface area contributed by atoms with Crippen LogP contribution in [0.4, 0.5) is 0 Å². The number of nitrogens with one attached hydrogen (secondary N) is 6. The van der Waals surface area contributed by atoms with Crippen molar-refractivity contribution in [1.29, 1.82) is 0 Å². The van der Waals surface area contributed by atoms with Gasteiger partial charge in [0.25, 0.3) is 0 Å². The summed E-state index contributed by atoms with van der Waals surface area (Å²) in [7, 11) is 0. The molecule has 0 aliphatic heterocycles. The third-order valence-electron chi connectivity index (χ3n) is 4.40. The van der Waals surface area contributed by atoms with Crippen LogP contribution in [-0.2, 0) is 9.53 Å². The number of amides is 1. The van der Waals surface area contributed by atoms with E-state index >= 15 is 0 Å². The Morgan fingerprint density at radius 3 is 2.32 bits per heavy atom. The highest BCUT2D eigenvalue weighted by Crippen LogP contribution is 1.89. The predicted molar refractivity (Wildman–Crippen MR) is 123 cm³/mol. The van der Waals surface area contributed by atoms with Crippen molar-refractivity contribution in [3.05, 3.63) is 0 Å². The number of carbonyl (C=O) groups excluding carboxylic acids is 1. The van der Waals surface area contributed by atoms with Crippen molar-refractivity contribution >= 4 is 5.91 Å². The molecule has 11 nitrogen and oxygen atoms in total. The van der Waals surface area contributed by atoms with Crippen LogP contribution in [0.5, 0.6) is 0 Å². The largest absolute Gasteiger partial charge is 0.380 e. The van der Waals surface area contributed by atoms with Crippen LogP contribution < -0.4 is 37.6 Å². The zero-order valence-corrected chi connectivity index (χ0v) is 19.3. The molecule has 31 heavy (non-hydrogen) atoms. The van der Waals surface area contributed by atoms with Crippen LogP contribution in [0.1, 0.15) is 39.0 Å². The summed E-state index contributed by atoms with van der Waals surface area (Å²) in [6, 6.07) is 0. The van der Waals surface area contributed by atoms with Crippen molar-refractivity contribution in [2.75, 3.05) is 72.1 Å². The fourth-order valence-electron chi connectivity index (χ4n) is 2.65. The van der Waals surface area contributed by atoms with E-state index in [0.29, 0.717) is 58.8 Å². The fraction of sp³-hybridized carbons (Fsp3) is 0.950. The first-order valence-electron chi connectivity index (χ1n) is 11.6. The van der Waals surface area contributed by atoms with E-state index < -0.39 is 12.6 Å². The molecule has 0 saturated heterocycles. The second-order valence-corrected chi connectivity index (χ2v) is 7.23. The van der Waals surface area contributed by atoms with Crippen LogP contribution in [0.3, 0.4) is 0 Å². The van der Waals surface area contributed by atoms with Crippen LogP contribution in [0, 0.1) is 0 Å². The Morgan fingerprint density at radius 1 is 0.871 bits per heavy atom. The number of unbranched alkanes of at least 4 members (excludes halogenated alkanes) is 1. The van der Waals surface area contributed by atoms with Crippen molar-refractivity contribution in [1.82, 2.24) is 31.9 Å². The molecular weight excluding hydrogens is 402 g/mol. The smallest absolute Gasteiger partial charge is 0.222 e. The summed E-state index contributed by atoms with van der Waals surface area (Å²) in [6.07, 6.45) is 2.70. The van der Waals surface area contributed by atoms with Crippen molar-refractivity contribution in [3.63, 3.8) is 0 Å². The standard InChI is InChI=1S/C20H47N7O4/c1-2-22-9-3-4-10-23-13-6-18(28)24-11-5-12-26-20(30)27-15-17-31-16-7-19(29)25-14-8-21/h18,20,22-24,26-28,30H,2-17,21H2,1H3,(H,25,29). The van der Waals surface area contributed by atoms with Gasteiger partial charge in [-0.3, -0.25) is 20.7 Å². The Kier molecular flexibility index (Phi) is 23.1. The molecule has 0 bridgehead atoms. The lowest BCUT2D eigenvalue weighted by Gasteiger charge is -2.16. The maximum absolute atomic E-state index is 11.3. The van der Waals surface area contributed by atoms with Gasteiger partial charge >= 0.3 is 0 Å². The lowest BCUT2D eigenvalue weighted by molar-refractivity contribution is -0.122. The van der Waals surface area contributed by atoms with Gasteiger partial charge in [-0.1, -0.05) is 6.92 Å². The number of aliphatic hydroxyl groups is 2. The molecule has 0 aromatic heterocycles. The summed E-state index contributed by atoms with van der Waals surface area (Å²) < 4.78 is 5.33. The minimum atomic E-state index is -0.821. The highest BCUT2D eigenvalue weighted by Gasteiger charge is 2.04. The molecule has 0 heterocycles. The molecule has 186 valence electrons. The molecule has 0 aromatic carbocycles. The molecular formula is C20H47N7O4. The third kappa shape index (κ3) is 23.6.